The quantitative estimate of drug-likeness (QED) is 0.785. The van der Waals surface area contributed by atoms with Gasteiger partial charge in [-0.15, -0.1) is 0 Å². The van der Waals surface area contributed by atoms with Gasteiger partial charge in [-0.25, -0.2) is 4.79 Å². The second-order valence-electron chi connectivity index (χ2n) is 5.45. The summed E-state index contributed by atoms with van der Waals surface area (Å²) >= 11 is 0. The molecule has 2 N–H and O–H groups in total. The molecule has 0 fully saturated rings. The lowest BCUT2D eigenvalue weighted by Gasteiger charge is -2.19. The number of hydrogen-bond donors (Lipinski definition) is 2. The predicted octanol–water partition coefficient (Wildman–Crippen LogP) is 2.31. The first kappa shape index (κ1) is 16.3. The number of rotatable bonds is 6. The minimum atomic E-state index is -0.480. The summed E-state index contributed by atoms with van der Waals surface area (Å²) in [7, 11) is 1.90. The lowest BCUT2D eigenvalue weighted by Crippen LogP contribution is -2.34. The monoisotopic (exact) mass is 280 g/mol. The average molecular weight is 280 g/mol. The van der Waals surface area contributed by atoms with Crippen LogP contribution in [0.15, 0.2) is 24.3 Å². The first-order valence-electron chi connectivity index (χ1n) is 6.74. The summed E-state index contributed by atoms with van der Waals surface area (Å²) in [6, 6.07) is 7.85. The van der Waals surface area contributed by atoms with Gasteiger partial charge in [-0.2, -0.15) is 0 Å². The van der Waals surface area contributed by atoms with Gasteiger partial charge in [-0.05, 0) is 45.5 Å². The Balaban J connectivity index is 2.27. The lowest BCUT2D eigenvalue weighted by molar-refractivity contribution is 0.0520. The maximum absolute atomic E-state index is 11.4. The predicted molar refractivity (Wildman–Crippen MR) is 78.9 cm³/mol. The molecular formula is C15H24N2O3. The summed E-state index contributed by atoms with van der Waals surface area (Å²) in [4.78, 5) is 11.4. The van der Waals surface area contributed by atoms with Crippen molar-refractivity contribution < 1.29 is 14.3 Å². The van der Waals surface area contributed by atoms with E-state index in [1.807, 2.05) is 52.1 Å². The molecule has 0 saturated heterocycles. The molecule has 0 aliphatic heterocycles. The molecule has 5 heteroatoms. The maximum atomic E-state index is 11.4. The minimum Gasteiger partial charge on any atom is -0.492 e. The van der Waals surface area contributed by atoms with Gasteiger partial charge in [0.25, 0.3) is 0 Å². The van der Waals surface area contributed by atoms with Crippen LogP contribution in [0.1, 0.15) is 26.3 Å². The topological polar surface area (TPSA) is 59.6 Å². The second-order valence-corrected chi connectivity index (χ2v) is 5.45. The third-order valence-electron chi connectivity index (χ3n) is 2.32. The van der Waals surface area contributed by atoms with Gasteiger partial charge in [0.2, 0.25) is 0 Å². The molecule has 0 aliphatic rings. The summed E-state index contributed by atoms with van der Waals surface area (Å²) < 4.78 is 10.7. The molecule has 0 bridgehead atoms. The first-order valence-corrected chi connectivity index (χ1v) is 6.74. The van der Waals surface area contributed by atoms with Crippen molar-refractivity contribution in [2.75, 3.05) is 20.2 Å². The van der Waals surface area contributed by atoms with Gasteiger partial charge in [0.1, 0.15) is 18.0 Å². The largest absolute Gasteiger partial charge is 0.492 e. The zero-order chi connectivity index (χ0) is 15.0. The third-order valence-corrected chi connectivity index (χ3v) is 2.32. The van der Waals surface area contributed by atoms with Crippen LogP contribution in [0, 0.1) is 0 Å². The van der Waals surface area contributed by atoms with Gasteiger partial charge < -0.3 is 20.1 Å². The number of nitrogens with one attached hydrogen (secondary N) is 2. The summed E-state index contributed by atoms with van der Waals surface area (Å²) in [5.41, 5.74) is 0.678. The zero-order valence-electron chi connectivity index (χ0n) is 12.7. The number of carbonyl (C=O) groups excluding carboxylic acids is 1. The van der Waals surface area contributed by atoms with Gasteiger partial charge in [0.15, 0.2) is 0 Å². The highest BCUT2D eigenvalue weighted by Crippen LogP contribution is 2.12. The van der Waals surface area contributed by atoms with E-state index >= 15 is 0 Å². The Labute approximate surface area is 120 Å². The molecule has 1 rings (SSSR count). The van der Waals surface area contributed by atoms with Gasteiger partial charge >= 0.3 is 6.09 Å². The molecule has 1 amide bonds. The Morgan fingerprint density at radius 1 is 1.30 bits per heavy atom. The van der Waals surface area contributed by atoms with Crippen molar-refractivity contribution in [1.82, 2.24) is 10.6 Å². The summed E-state index contributed by atoms with van der Waals surface area (Å²) in [6.45, 7) is 7.10. The summed E-state index contributed by atoms with van der Waals surface area (Å²) in [5.74, 6) is 0.795. The van der Waals surface area contributed by atoms with Gasteiger partial charge in [0, 0.05) is 6.54 Å². The van der Waals surface area contributed by atoms with E-state index < -0.39 is 11.7 Å². The molecule has 0 heterocycles. The van der Waals surface area contributed by atoms with E-state index in [-0.39, 0.29) is 0 Å². The van der Waals surface area contributed by atoms with Crippen molar-refractivity contribution in [3.05, 3.63) is 29.8 Å². The minimum absolute atomic E-state index is 0.405. The normalized spacial score (nSPS) is 11.0. The van der Waals surface area contributed by atoms with Crippen LogP contribution >= 0.6 is 0 Å². The lowest BCUT2D eigenvalue weighted by atomic mass is 10.2. The van der Waals surface area contributed by atoms with E-state index in [2.05, 4.69) is 10.6 Å². The van der Waals surface area contributed by atoms with Gasteiger partial charge in [-0.1, -0.05) is 12.1 Å². The fraction of sp³-hybridized carbons (Fsp3) is 0.533. The molecule has 20 heavy (non-hydrogen) atoms. The molecular weight excluding hydrogens is 256 g/mol. The Morgan fingerprint density at radius 3 is 2.70 bits per heavy atom. The van der Waals surface area contributed by atoms with Crippen molar-refractivity contribution in [2.24, 2.45) is 0 Å². The van der Waals surface area contributed by atoms with E-state index in [1.165, 1.54) is 0 Å². The molecule has 1 aromatic rings. The third kappa shape index (κ3) is 6.99. The van der Waals surface area contributed by atoms with Crippen molar-refractivity contribution in [1.29, 1.82) is 0 Å². The SMILES string of the molecule is CNCc1cccc(OCCNC(=O)OC(C)(C)C)c1. The summed E-state index contributed by atoms with van der Waals surface area (Å²) in [6.07, 6.45) is -0.426. The van der Waals surface area contributed by atoms with E-state index in [0.717, 1.165) is 17.9 Å². The van der Waals surface area contributed by atoms with Crippen LogP contribution < -0.4 is 15.4 Å². The number of hydrogen-bond acceptors (Lipinski definition) is 4. The van der Waals surface area contributed by atoms with Gasteiger partial charge in [0.05, 0.1) is 6.54 Å². The van der Waals surface area contributed by atoms with E-state index in [1.54, 1.807) is 0 Å². The molecule has 0 aromatic heterocycles. The highest BCUT2D eigenvalue weighted by Gasteiger charge is 2.15. The average Bonchev–Trinajstić information content (AvgIpc) is 2.33. The second kappa shape index (κ2) is 7.75. The van der Waals surface area contributed by atoms with Crippen LogP contribution in [0.3, 0.4) is 0 Å². The smallest absolute Gasteiger partial charge is 0.407 e. The highest BCUT2D eigenvalue weighted by atomic mass is 16.6. The summed E-state index contributed by atoms with van der Waals surface area (Å²) in [5, 5.41) is 5.74. The number of alkyl carbamates (subject to hydrolysis) is 1. The number of ether oxygens (including phenoxy) is 2. The van der Waals surface area contributed by atoms with Gasteiger partial charge in [-0.3, -0.25) is 0 Å². The van der Waals surface area contributed by atoms with Crippen LogP contribution in [0.5, 0.6) is 5.75 Å². The molecule has 1 aromatic carbocycles. The molecule has 0 radical (unpaired) electrons. The van der Waals surface area contributed by atoms with Crippen LogP contribution in [-0.2, 0) is 11.3 Å². The number of carbonyl (C=O) groups is 1. The maximum Gasteiger partial charge on any atom is 0.407 e. The van der Waals surface area contributed by atoms with E-state index in [9.17, 15) is 4.79 Å². The van der Waals surface area contributed by atoms with Crippen LogP contribution in [-0.4, -0.2) is 31.9 Å². The molecule has 0 saturated carbocycles. The fourth-order valence-electron chi connectivity index (χ4n) is 1.59. The standard InChI is InChI=1S/C15H24N2O3/c1-15(2,3)20-14(18)17-8-9-19-13-7-5-6-12(10-13)11-16-4/h5-7,10,16H,8-9,11H2,1-4H3,(H,17,18). The van der Waals surface area contributed by atoms with Crippen LogP contribution in [0.25, 0.3) is 0 Å². The van der Waals surface area contributed by atoms with E-state index in [0.29, 0.717) is 13.2 Å². The van der Waals surface area contributed by atoms with Crippen molar-refractivity contribution >= 4 is 6.09 Å². The number of benzene rings is 1. The Morgan fingerprint density at radius 2 is 2.05 bits per heavy atom. The Bertz CT molecular complexity index is 427. The fourth-order valence-corrected chi connectivity index (χ4v) is 1.59. The Kier molecular flexibility index (Phi) is 6.31. The molecule has 0 atom stereocenters. The van der Waals surface area contributed by atoms with Crippen molar-refractivity contribution in [3.8, 4) is 5.75 Å². The molecule has 0 spiro atoms. The van der Waals surface area contributed by atoms with Crippen LogP contribution in [0.4, 0.5) is 4.79 Å². The molecule has 112 valence electrons. The van der Waals surface area contributed by atoms with Crippen molar-refractivity contribution in [2.45, 2.75) is 32.9 Å². The zero-order valence-corrected chi connectivity index (χ0v) is 12.7. The highest BCUT2D eigenvalue weighted by molar-refractivity contribution is 5.67. The molecule has 0 aliphatic carbocycles. The van der Waals surface area contributed by atoms with Crippen molar-refractivity contribution in [3.63, 3.8) is 0 Å². The Hall–Kier alpha value is -1.75. The molecule has 0 unspecified atom stereocenters. The molecule has 5 nitrogen and oxygen atoms in total. The first-order chi connectivity index (χ1) is 9.40. The van der Waals surface area contributed by atoms with E-state index in [4.69, 9.17) is 9.47 Å². The number of amides is 1. The van der Waals surface area contributed by atoms with Crippen LogP contribution in [0.2, 0.25) is 0 Å².